The zero-order valence-electron chi connectivity index (χ0n) is 14.9. The lowest BCUT2D eigenvalue weighted by Crippen LogP contribution is -2.56. The number of carbonyl (C=O) groups excluding carboxylic acids is 1. The van der Waals surface area contributed by atoms with Crippen LogP contribution in [0.2, 0.25) is 0 Å². The molecule has 2 heterocycles. The van der Waals surface area contributed by atoms with E-state index in [1.165, 1.54) is 36.9 Å². The fourth-order valence-electron chi connectivity index (χ4n) is 5.72. The van der Waals surface area contributed by atoms with E-state index in [-0.39, 0.29) is 12.1 Å². The zero-order valence-corrected chi connectivity index (χ0v) is 14.9. The number of urea groups is 1. The van der Waals surface area contributed by atoms with Crippen molar-refractivity contribution in [2.45, 2.75) is 57.0 Å². The van der Waals surface area contributed by atoms with E-state index in [9.17, 15) is 4.79 Å². The molecule has 1 aromatic heterocycles. The molecule has 6 nitrogen and oxygen atoms in total. The van der Waals surface area contributed by atoms with Gasteiger partial charge in [-0.05, 0) is 55.9 Å². The number of aromatic amines is 1. The predicted molar refractivity (Wildman–Crippen MR) is 95.3 cm³/mol. The quantitative estimate of drug-likeness (QED) is 0.860. The van der Waals surface area contributed by atoms with Crippen LogP contribution in [-0.4, -0.2) is 64.3 Å². The van der Waals surface area contributed by atoms with Crippen molar-refractivity contribution < 1.29 is 4.79 Å². The molecule has 4 aliphatic rings. The minimum absolute atomic E-state index is 0.129. The molecule has 0 radical (unpaired) electrons. The van der Waals surface area contributed by atoms with Crippen molar-refractivity contribution >= 4 is 6.03 Å². The molecule has 5 rings (SSSR count). The van der Waals surface area contributed by atoms with Crippen molar-refractivity contribution in [3.8, 4) is 0 Å². The Morgan fingerprint density at radius 2 is 2.04 bits per heavy atom. The van der Waals surface area contributed by atoms with Crippen LogP contribution >= 0.6 is 0 Å². The van der Waals surface area contributed by atoms with Crippen LogP contribution in [0.1, 0.15) is 43.4 Å². The lowest BCUT2D eigenvalue weighted by atomic mass is 9.93. The molecule has 25 heavy (non-hydrogen) atoms. The van der Waals surface area contributed by atoms with Gasteiger partial charge in [-0.1, -0.05) is 6.42 Å². The Bertz CT molecular complexity index is 636. The lowest BCUT2D eigenvalue weighted by Gasteiger charge is -2.41. The summed E-state index contributed by atoms with van der Waals surface area (Å²) in [6.07, 6.45) is 10.6. The van der Waals surface area contributed by atoms with Crippen LogP contribution < -0.4 is 5.32 Å². The number of piperazine rings is 1. The van der Waals surface area contributed by atoms with E-state index in [4.69, 9.17) is 0 Å². The number of hydrogen-bond acceptors (Lipinski definition) is 3. The maximum atomic E-state index is 12.6. The van der Waals surface area contributed by atoms with E-state index < -0.39 is 0 Å². The molecule has 3 aliphatic carbocycles. The molecular weight excluding hydrogens is 314 g/mol. The number of H-pyrrole nitrogens is 1. The molecule has 4 atom stereocenters. The minimum atomic E-state index is 0.129. The van der Waals surface area contributed by atoms with E-state index in [1.54, 1.807) is 0 Å². The zero-order chi connectivity index (χ0) is 16.8. The van der Waals surface area contributed by atoms with Gasteiger partial charge >= 0.3 is 6.03 Å². The summed E-state index contributed by atoms with van der Waals surface area (Å²) in [5.74, 6) is 1.94. The average Bonchev–Trinajstić information content (AvgIpc) is 3.38. The second-order valence-corrected chi connectivity index (χ2v) is 8.53. The summed E-state index contributed by atoms with van der Waals surface area (Å²) in [5.41, 5.74) is 2.50. The van der Waals surface area contributed by atoms with Gasteiger partial charge in [-0.15, -0.1) is 0 Å². The fraction of sp³-hybridized carbons (Fsp3) is 0.789. The van der Waals surface area contributed by atoms with Crippen molar-refractivity contribution in [3.63, 3.8) is 0 Å². The molecule has 3 fully saturated rings. The standard InChI is InChI=1S/C19H29N5O/c25-19(21-16-3-4-17-15(11-16)12-20-22-17)24-7-5-23(6-8-24)18-10-13-1-2-14(18)9-13/h12-14,16,18H,1-11H2,(H,20,22)(H,21,25)/t13-,14-,16+,18+/m0/s1. The van der Waals surface area contributed by atoms with Gasteiger partial charge in [0.05, 0.1) is 6.20 Å². The van der Waals surface area contributed by atoms with Crippen LogP contribution in [0.15, 0.2) is 6.20 Å². The maximum absolute atomic E-state index is 12.6. The van der Waals surface area contributed by atoms with Gasteiger partial charge in [0.1, 0.15) is 0 Å². The summed E-state index contributed by atoms with van der Waals surface area (Å²) in [5, 5.41) is 10.4. The smallest absolute Gasteiger partial charge is 0.317 e. The average molecular weight is 343 g/mol. The van der Waals surface area contributed by atoms with Gasteiger partial charge in [-0.3, -0.25) is 10.00 Å². The van der Waals surface area contributed by atoms with Gasteiger partial charge in [0.25, 0.3) is 0 Å². The first kappa shape index (κ1) is 15.7. The molecule has 1 aromatic rings. The fourth-order valence-corrected chi connectivity index (χ4v) is 5.72. The SMILES string of the molecule is O=C(N[C@@H]1CCc2[nH]ncc2C1)N1CCN([C@@H]2C[C@H]3CC[C@H]2C3)CC1. The summed E-state index contributed by atoms with van der Waals surface area (Å²) >= 11 is 0. The Morgan fingerprint density at radius 1 is 1.16 bits per heavy atom. The first-order valence-corrected chi connectivity index (χ1v) is 10.1. The second kappa shape index (κ2) is 6.31. The van der Waals surface area contributed by atoms with Crippen molar-refractivity contribution in [2.75, 3.05) is 26.2 Å². The summed E-state index contributed by atoms with van der Waals surface area (Å²) in [4.78, 5) is 17.3. The number of nitrogens with zero attached hydrogens (tertiary/aromatic N) is 3. The molecule has 2 amide bonds. The van der Waals surface area contributed by atoms with Crippen LogP contribution in [-0.2, 0) is 12.8 Å². The first-order valence-electron chi connectivity index (χ1n) is 10.1. The number of fused-ring (bicyclic) bond motifs is 3. The summed E-state index contributed by atoms with van der Waals surface area (Å²) in [7, 11) is 0. The third-order valence-electron chi connectivity index (χ3n) is 7.12. The van der Waals surface area contributed by atoms with E-state index in [0.717, 1.165) is 63.3 Å². The Labute approximate surface area is 149 Å². The molecule has 0 unspecified atom stereocenters. The molecule has 136 valence electrons. The highest BCUT2D eigenvalue weighted by Gasteiger charge is 2.43. The highest BCUT2D eigenvalue weighted by molar-refractivity contribution is 5.74. The first-order chi connectivity index (χ1) is 12.3. The topological polar surface area (TPSA) is 64.3 Å². The van der Waals surface area contributed by atoms with Crippen LogP contribution in [0.3, 0.4) is 0 Å². The summed E-state index contributed by atoms with van der Waals surface area (Å²) in [6, 6.07) is 1.19. The lowest BCUT2D eigenvalue weighted by molar-refractivity contribution is 0.0818. The Hall–Kier alpha value is -1.56. The van der Waals surface area contributed by atoms with Gasteiger partial charge in [0, 0.05) is 44.0 Å². The second-order valence-electron chi connectivity index (χ2n) is 8.53. The number of aryl methyl sites for hydroxylation is 1. The van der Waals surface area contributed by atoms with Crippen molar-refractivity contribution in [1.29, 1.82) is 0 Å². The summed E-state index contributed by atoms with van der Waals surface area (Å²) in [6.45, 7) is 3.86. The number of carbonyl (C=O) groups is 1. The Morgan fingerprint density at radius 3 is 2.80 bits per heavy atom. The molecule has 2 bridgehead atoms. The highest BCUT2D eigenvalue weighted by Crippen LogP contribution is 2.46. The molecule has 2 saturated carbocycles. The maximum Gasteiger partial charge on any atom is 0.317 e. The molecule has 1 saturated heterocycles. The normalized spacial score (nSPS) is 35.0. The molecule has 0 spiro atoms. The van der Waals surface area contributed by atoms with E-state index in [0.29, 0.717) is 0 Å². The van der Waals surface area contributed by atoms with Crippen molar-refractivity contribution in [2.24, 2.45) is 11.8 Å². The van der Waals surface area contributed by atoms with Crippen molar-refractivity contribution in [1.82, 2.24) is 25.3 Å². The van der Waals surface area contributed by atoms with Gasteiger partial charge in [0.15, 0.2) is 0 Å². The highest BCUT2D eigenvalue weighted by atomic mass is 16.2. The Kier molecular flexibility index (Phi) is 3.95. The van der Waals surface area contributed by atoms with Crippen LogP contribution in [0.4, 0.5) is 4.79 Å². The summed E-state index contributed by atoms with van der Waals surface area (Å²) < 4.78 is 0. The molecule has 1 aliphatic heterocycles. The van der Waals surface area contributed by atoms with Crippen molar-refractivity contribution in [3.05, 3.63) is 17.5 Å². The molecule has 6 heteroatoms. The van der Waals surface area contributed by atoms with Crippen LogP contribution in [0, 0.1) is 11.8 Å². The number of aromatic nitrogens is 2. The third kappa shape index (κ3) is 2.94. The molecule has 0 aromatic carbocycles. The van der Waals surface area contributed by atoms with E-state index >= 15 is 0 Å². The van der Waals surface area contributed by atoms with E-state index in [2.05, 4.69) is 20.4 Å². The number of amides is 2. The third-order valence-corrected chi connectivity index (χ3v) is 7.12. The van der Waals surface area contributed by atoms with Gasteiger partial charge in [-0.25, -0.2) is 4.79 Å². The number of rotatable bonds is 2. The van der Waals surface area contributed by atoms with Gasteiger partial charge in [-0.2, -0.15) is 5.10 Å². The number of hydrogen-bond donors (Lipinski definition) is 2. The largest absolute Gasteiger partial charge is 0.335 e. The monoisotopic (exact) mass is 343 g/mol. The van der Waals surface area contributed by atoms with Gasteiger partial charge < -0.3 is 10.2 Å². The molecular formula is C19H29N5O. The van der Waals surface area contributed by atoms with Crippen LogP contribution in [0.5, 0.6) is 0 Å². The minimum Gasteiger partial charge on any atom is -0.335 e. The van der Waals surface area contributed by atoms with Gasteiger partial charge in [0.2, 0.25) is 0 Å². The Balaban J connectivity index is 1.12. The predicted octanol–water partition coefficient (Wildman–Crippen LogP) is 1.78. The van der Waals surface area contributed by atoms with Crippen LogP contribution in [0.25, 0.3) is 0 Å². The van der Waals surface area contributed by atoms with E-state index in [1.807, 2.05) is 11.1 Å². The molecule has 2 N–H and O–H groups in total. The number of nitrogens with one attached hydrogen (secondary N) is 2.